The van der Waals surface area contributed by atoms with Crippen LogP contribution in [0.2, 0.25) is 0 Å². The molecule has 3 heteroatoms. The van der Waals surface area contributed by atoms with E-state index in [9.17, 15) is 0 Å². The summed E-state index contributed by atoms with van der Waals surface area (Å²) in [6.45, 7) is 0.362. The van der Waals surface area contributed by atoms with Gasteiger partial charge in [-0.3, -0.25) is 0 Å². The molecule has 0 amide bonds. The molecule has 10 heavy (non-hydrogen) atoms. The molecule has 1 aliphatic carbocycles. The quantitative estimate of drug-likeness (QED) is 0.648. The lowest BCUT2D eigenvalue weighted by Crippen LogP contribution is -2.39. The van der Waals surface area contributed by atoms with Crippen LogP contribution in [0, 0.1) is 5.92 Å². The van der Waals surface area contributed by atoms with Crippen molar-refractivity contribution in [3.63, 3.8) is 0 Å². The van der Waals surface area contributed by atoms with Gasteiger partial charge < -0.3 is 10.4 Å². The minimum atomic E-state index is 0. The molecule has 1 aliphatic rings. The first-order chi connectivity index (χ1) is 4.36. The molecule has 0 heterocycles. The Kier molecular flexibility index (Phi) is 5.04. The molecule has 0 aromatic heterocycles. The van der Waals surface area contributed by atoms with Crippen LogP contribution in [0.4, 0.5) is 0 Å². The summed E-state index contributed by atoms with van der Waals surface area (Å²) in [7, 11) is 2.00. The van der Waals surface area contributed by atoms with Crippen molar-refractivity contribution < 1.29 is 5.11 Å². The second kappa shape index (κ2) is 4.94. The lowest BCUT2D eigenvalue weighted by atomic mass is 9.78. The van der Waals surface area contributed by atoms with Gasteiger partial charge in [-0.25, -0.2) is 0 Å². The number of hydrogen-bond donors (Lipinski definition) is 2. The van der Waals surface area contributed by atoms with Gasteiger partial charge in [-0.1, -0.05) is 0 Å². The van der Waals surface area contributed by atoms with E-state index in [-0.39, 0.29) is 12.4 Å². The monoisotopic (exact) mass is 165 g/mol. The smallest absolute Gasteiger partial charge is 0.0433 e. The van der Waals surface area contributed by atoms with Crippen LogP contribution in [-0.2, 0) is 0 Å². The van der Waals surface area contributed by atoms with E-state index in [4.69, 9.17) is 5.11 Å². The molecule has 1 fully saturated rings. The molecule has 0 bridgehead atoms. The van der Waals surface area contributed by atoms with Gasteiger partial charge >= 0.3 is 0 Å². The molecule has 1 saturated carbocycles. The Morgan fingerprint density at radius 3 is 2.50 bits per heavy atom. The molecule has 1 rings (SSSR count). The third-order valence-corrected chi connectivity index (χ3v) is 2.18. The molecule has 0 aromatic carbocycles. The Morgan fingerprint density at radius 1 is 1.50 bits per heavy atom. The van der Waals surface area contributed by atoms with Gasteiger partial charge in [0.1, 0.15) is 0 Å². The molecule has 0 unspecified atom stereocenters. The lowest BCUT2D eigenvalue weighted by molar-refractivity contribution is 0.172. The molecule has 2 N–H and O–H groups in total. The predicted molar refractivity (Wildman–Crippen MR) is 44.5 cm³/mol. The molecular formula is C7H16ClNO. The van der Waals surface area contributed by atoms with Gasteiger partial charge in [-0.05, 0) is 32.2 Å². The van der Waals surface area contributed by atoms with Crippen LogP contribution in [0.1, 0.15) is 19.3 Å². The summed E-state index contributed by atoms with van der Waals surface area (Å²) < 4.78 is 0. The van der Waals surface area contributed by atoms with Gasteiger partial charge in [0, 0.05) is 12.6 Å². The molecular weight excluding hydrogens is 150 g/mol. The van der Waals surface area contributed by atoms with Crippen molar-refractivity contribution >= 4 is 12.4 Å². The van der Waals surface area contributed by atoms with E-state index >= 15 is 0 Å². The fraction of sp³-hybridized carbons (Fsp3) is 1.00. The highest BCUT2D eigenvalue weighted by Crippen LogP contribution is 2.29. The second-order valence-electron chi connectivity index (χ2n) is 2.84. The van der Waals surface area contributed by atoms with Gasteiger partial charge in [0.05, 0.1) is 0 Å². The summed E-state index contributed by atoms with van der Waals surface area (Å²) in [6.07, 6.45) is 3.52. The van der Waals surface area contributed by atoms with E-state index < -0.39 is 0 Å². The SMILES string of the molecule is CNC1CC(CCO)C1.Cl. The number of nitrogens with one attached hydrogen (secondary N) is 1. The van der Waals surface area contributed by atoms with Crippen molar-refractivity contribution in [3.8, 4) is 0 Å². The molecule has 0 aromatic rings. The summed E-state index contributed by atoms with van der Waals surface area (Å²) in [5.41, 5.74) is 0. The van der Waals surface area contributed by atoms with Crippen molar-refractivity contribution in [1.82, 2.24) is 5.32 Å². The van der Waals surface area contributed by atoms with Crippen molar-refractivity contribution in [3.05, 3.63) is 0 Å². The molecule has 0 spiro atoms. The van der Waals surface area contributed by atoms with Crippen LogP contribution in [0.15, 0.2) is 0 Å². The predicted octanol–water partition coefficient (Wildman–Crippen LogP) is 0.789. The van der Waals surface area contributed by atoms with Crippen molar-refractivity contribution in [2.24, 2.45) is 5.92 Å². The van der Waals surface area contributed by atoms with E-state index in [1.54, 1.807) is 0 Å². The van der Waals surface area contributed by atoms with Crippen molar-refractivity contribution in [2.75, 3.05) is 13.7 Å². The first-order valence-corrected chi connectivity index (χ1v) is 3.65. The summed E-state index contributed by atoms with van der Waals surface area (Å²) in [4.78, 5) is 0. The van der Waals surface area contributed by atoms with Gasteiger partial charge in [-0.15, -0.1) is 12.4 Å². The maximum atomic E-state index is 8.54. The summed E-state index contributed by atoms with van der Waals surface area (Å²) in [6, 6.07) is 0.738. The second-order valence-corrected chi connectivity index (χ2v) is 2.84. The van der Waals surface area contributed by atoms with E-state index in [0.29, 0.717) is 6.61 Å². The maximum Gasteiger partial charge on any atom is 0.0433 e. The molecule has 2 nitrogen and oxygen atoms in total. The van der Waals surface area contributed by atoms with Crippen LogP contribution in [-0.4, -0.2) is 24.8 Å². The van der Waals surface area contributed by atoms with Crippen LogP contribution in [0.3, 0.4) is 0 Å². The van der Waals surface area contributed by atoms with Crippen LogP contribution >= 0.6 is 12.4 Å². The highest BCUT2D eigenvalue weighted by atomic mass is 35.5. The van der Waals surface area contributed by atoms with E-state index in [2.05, 4.69) is 5.32 Å². The zero-order chi connectivity index (χ0) is 6.69. The molecule has 0 radical (unpaired) electrons. The largest absolute Gasteiger partial charge is 0.396 e. The van der Waals surface area contributed by atoms with Gasteiger partial charge in [0.25, 0.3) is 0 Å². The van der Waals surface area contributed by atoms with E-state index in [1.165, 1.54) is 12.8 Å². The van der Waals surface area contributed by atoms with Crippen molar-refractivity contribution in [1.29, 1.82) is 0 Å². The third-order valence-electron chi connectivity index (χ3n) is 2.18. The average molecular weight is 166 g/mol. The minimum absolute atomic E-state index is 0. The third kappa shape index (κ3) is 2.45. The number of aliphatic hydroxyl groups excluding tert-OH is 1. The van der Waals surface area contributed by atoms with Gasteiger partial charge in [0.2, 0.25) is 0 Å². The zero-order valence-electron chi connectivity index (χ0n) is 6.34. The standard InChI is InChI=1S/C7H15NO.ClH/c1-8-7-4-6(5-7)2-3-9;/h6-9H,2-5H2,1H3;1H. The number of hydrogen-bond acceptors (Lipinski definition) is 2. The summed E-state index contributed by atoms with van der Waals surface area (Å²) in [5, 5.41) is 11.7. The zero-order valence-corrected chi connectivity index (χ0v) is 7.16. The fourth-order valence-electron chi connectivity index (χ4n) is 1.39. The Bertz CT molecular complexity index is 83.7. The molecule has 0 saturated heterocycles. The first kappa shape index (κ1) is 10.2. The van der Waals surface area contributed by atoms with Crippen LogP contribution in [0.25, 0.3) is 0 Å². The van der Waals surface area contributed by atoms with Crippen LogP contribution < -0.4 is 5.32 Å². The number of aliphatic hydroxyl groups is 1. The molecule has 0 aliphatic heterocycles. The highest BCUT2D eigenvalue weighted by molar-refractivity contribution is 5.85. The van der Waals surface area contributed by atoms with Gasteiger partial charge in [-0.2, -0.15) is 0 Å². The minimum Gasteiger partial charge on any atom is -0.396 e. The van der Waals surface area contributed by atoms with Gasteiger partial charge in [0.15, 0.2) is 0 Å². The molecule has 0 atom stereocenters. The average Bonchev–Trinajstić information content (AvgIpc) is 1.77. The highest BCUT2D eigenvalue weighted by Gasteiger charge is 2.26. The lowest BCUT2D eigenvalue weighted by Gasteiger charge is -2.34. The van der Waals surface area contributed by atoms with Crippen molar-refractivity contribution in [2.45, 2.75) is 25.3 Å². The van der Waals surface area contributed by atoms with E-state index in [0.717, 1.165) is 18.4 Å². The fourth-order valence-corrected chi connectivity index (χ4v) is 1.39. The molecule has 62 valence electrons. The topological polar surface area (TPSA) is 32.3 Å². The number of rotatable bonds is 3. The summed E-state index contributed by atoms with van der Waals surface area (Å²) >= 11 is 0. The Labute approximate surface area is 68.4 Å². The summed E-state index contributed by atoms with van der Waals surface area (Å²) in [5.74, 6) is 0.799. The Morgan fingerprint density at radius 2 is 2.10 bits per heavy atom. The normalized spacial score (nSPS) is 30.6. The first-order valence-electron chi connectivity index (χ1n) is 3.65. The maximum absolute atomic E-state index is 8.54. The Hall–Kier alpha value is 0.210. The van der Waals surface area contributed by atoms with E-state index in [1.807, 2.05) is 7.05 Å². The van der Waals surface area contributed by atoms with Crippen LogP contribution in [0.5, 0.6) is 0 Å². The Balaban J connectivity index is 0.000000810. The number of halogens is 1.